The molecule has 3 aromatic rings. The largest absolute Gasteiger partial charge is 0.489 e. The Morgan fingerprint density at radius 1 is 0.897 bits per heavy atom. The topological polar surface area (TPSA) is 39.7 Å². The Morgan fingerprint density at radius 2 is 1.76 bits per heavy atom. The monoisotopic (exact) mass is 433 g/mol. The number of rotatable bonds is 7. The maximum atomic E-state index is 13.2. The summed E-state index contributed by atoms with van der Waals surface area (Å²) in [6.45, 7) is 1.69. The Bertz CT molecular complexity index is 1030. The Morgan fingerprint density at radius 3 is 2.62 bits per heavy atom. The summed E-state index contributed by atoms with van der Waals surface area (Å²) in [4.78, 5) is 0. The molecule has 0 aromatic heterocycles. The molecule has 0 aliphatic carbocycles. The van der Waals surface area contributed by atoms with Crippen molar-refractivity contribution in [2.45, 2.75) is 19.7 Å². The highest BCUT2D eigenvalue weighted by Crippen LogP contribution is 2.32. The van der Waals surface area contributed by atoms with Crippen LogP contribution in [0.2, 0.25) is 10.0 Å². The molecule has 0 bridgehead atoms. The third-order valence-electron chi connectivity index (χ3n) is 4.50. The molecule has 0 saturated heterocycles. The molecule has 0 spiro atoms. The predicted molar refractivity (Wildman–Crippen MR) is 110 cm³/mol. The van der Waals surface area contributed by atoms with Crippen molar-refractivity contribution in [1.82, 2.24) is 5.32 Å². The lowest BCUT2D eigenvalue weighted by Crippen LogP contribution is -2.13. The fraction of sp³-hybridized carbons (Fsp3) is 0.182. The minimum atomic E-state index is -0.376. The Kier molecular flexibility index (Phi) is 6.09. The first-order valence-electron chi connectivity index (χ1n) is 9.03. The molecule has 0 unspecified atom stereocenters. The highest BCUT2D eigenvalue weighted by atomic mass is 35.5. The van der Waals surface area contributed by atoms with Gasteiger partial charge in [-0.05, 0) is 48.0 Å². The molecule has 0 radical (unpaired) electrons. The fourth-order valence-corrected chi connectivity index (χ4v) is 3.43. The van der Waals surface area contributed by atoms with E-state index in [0.717, 1.165) is 22.6 Å². The van der Waals surface area contributed by atoms with E-state index in [1.54, 1.807) is 12.1 Å². The molecule has 29 heavy (non-hydrogen) atoms. The van der Waals surface area contributed by atoms with Gasteiger partial charge in [0.15, 0.2) is 11.5 Å². The molecule has 0 saturated carbocycles. The fourth-order valence-electron chi connectivity index (χ4n) is 3.01. The zero-order valence-corrected chi connectivity index (χ0v) is 16.9. The lowest BCUT2D eigenvalue weighted by Gasteiger charge is -2.14. The first-order valence-corrected chi connectivity index (χ1v) is 9.78. The van der Waals surface area contributed by atoms with E-state index >= 15 is 0 Å². The van der Waals surface area contributed by atoms with Gasteiger partial charge in [-0.25, -0.2) is 4.39 Å². The van der Waals surface area contributed by atoms with Gasteiger partial charge in [0.25, 0.3) is 0 Å². The molecule has 1 aliphatic heterocycles. The van der Waals surface area contributed by atoms with Gasteiger partial charge in [0.1, 0.15) is 18.2 Å². The first-order chi connectivity index (χ1) is 14.1. The third kappa shape index (κ3) is 4.93. The van der Waals surface area contributed by atoms with Crippen LogP contribution in [-0.4, -0.2) is 6.79 Å². The molecule has 0 fully saturated rings. The summed E-state index contributed by atoms with van der Waals surface area (Å²) in [5, 5.41) is 4.34. The number of fused-ring (bicyclic) bond motifs is 1. The summed E-state index contributed by atoms with van der Waals surface area (Å²) < 4.78 is 29.9. The maximum absolute atomic E-state index is 13.2. The number of hydrogen-bond donors (Lipinski definition) is 1. The summed E-state index contributed by atoms with van der Waals surface area (Å²) in [5.41, 5.74) is 2.70. The normalized spacial score (nSPS) is 12.2. The molecule has 4 rings (SSSR count). The van der Waals surface area contributed by atoms with Crippen molar-refractivity contribution in [3.8, 4) is 17.2 Å². The van der Waals surface area contributed by atoms with Crippen molar-refractivity contribution in [3.05, 3.63) is 87.2 Å². The van der Waals surface area contributed by atoms with Gasteiger partial charge in [-0.1, -0.05) is 35.3 Å². The number of hydrogen-bond acceptors (Lipinski definition) is 4. The van der Waals surface area contributed by atoms with Crippen LogP contribution in [0.3, 0.4) is 0 Å². The highest BCUT2D eigenvalue weighted by Gasteiger charge is 2.13. The SMILES string of the molecule is Fc1ccc(COc2ccc(Cl)cc2CNCc2ccc3c(c2)OCO3)c(Cl)c1. The van der Waals surface area contributed by atoms with Crippen molar-refractivity contribution >= 4 is 23.2 Å². The van der Waals surface area contributed by atoms with E-state index < -0.39 is 0 Å². The van der Waals surface area contributed by atoms with E-state index in [9.17, 15) is 4.39 Å². The van der Waals surface area contributed by atoms with Crippen LogP contribution in [0.15, 0.2) is 54.6 Å². The van der Waals surface area contributed by atoms with E-state index in [4.69, 9.17) is 37.4 Å². The molecular formula is C22H18Cl2FNO3. The zero-order chi connectivity index (χ0) is 20.2. The maximum Gasteiger partial charge on any atom is 0.231 e. The number of ether oxygens (including phenoxy) is 3. The number of nitrogens with one attached hydrogen (secondary N) is 1. The Labute approximate surface area is 178 Å². The Balaban J connectivity index is 1.40. The van der Waals surface area contributed by atoms with Gasteiger partial charge in [-0.3, -0.25) is 0 Å². The van der Waals surface area contributed by atoms with Crippen LogP contribution in [0.1, 0.15) is 16.7 Å². The van der Waals surface area contributed by atoms with Gasteiger partial charge < -0.3 is 19.5 Å². The van der Waals surface area contributed by atoms with Crippen LogP contribution in [0.25, 0.3) is 0 Å². The third-order valence-corrected chi connectivity index (χ3v) is 5.09. The Hall–Kier alpha value is -2.47. The molecule has 7 heteroatoms. The van der Waals surface area contributed by atoms with Crippen LogP contribution < -0.4 is 19.5 Å². The minimum Gasteiger partial charge on any atom is -0.489 e. The highest BCUT2D eigenvalue weighted by molar-refractivity contribution is 6.31. The van der Waals surface area contributed by atoms with Crippen molar-refractivity contribution in [2.75, 3.05) is 6.79 Å². The average molecular weight is 434 g/mol. The molecule has 1 heterocycles. The van der Waals surface area contributed by atoms with Crippen molar-refractivity contribution in [1.29, 1.82) is 0 Å². The summed E-state index contributed by atoms with van der Waals surface area (Å²) in [6, 6.07) is 15.5. The molecule has 0 amide bonds. The van der Waals surface area contributed by atoms with Gasteiger partial charge in [-0.15, -0.1) is 0 Å². The predicted octanol–water partition coefficient (Wildman–Crippen LogP) is 5.73. The van der Waals surface area contributed by atoms with E-state index in [-0.39, 0.29) is 19.2 Å². The van der Waals surface area contributed by atoms with Crippen LogP contribution >= 0.6 is 23.2 Å². The number of halogens is 3. The summed E-state index contributed by atoms with van der Waals surface area (Å²) >= 11 is 12.2. The van der Waals surface area contributed by atoms with Gasteiger partial charge in [0.2, 0.25) is 6.79 Å². The van der Waals surface area contributed by atoms with Crippen LogP contribution in [0.5, 0.6) is 17.2 Å². The quantitative estimate of drug-likeness (QED) is 0.516. The molecule has 0 atom stereocenters. The second-order valence-corrected chi connectivity index (χ2v) is 7.41. The van der Waals surface area contributed by atoms with Crippen molar-refractivity contribution in [2.24, 2.45) is 0 Å². The lowest BCUT2D eigenvalue weighted by atomic mass is 10.1. The van der Waals surface area contributed by atoms with Crippen LogP contribution in [0, 0.1) is 5.82 Å². The van der Waals surface area contributed by atoms with Crippen molar-refractivity contribution < 1.29 is 18.6 Å². The van der Waals surface area contributed by atoms with E-state index in [2.05, 4.69) is 5.32 Å². The van der Waals surface area contributed by atoms with E-state index in [1.165, 1.54) is 12.1 Å². The van der Waals surface area contributed by atoms with Crippen molar-refractivity contribution in [3.63, 3.8) is 0 Å². The first kappa shape index (κ1) is 19.8. The van der Waals surface area contributed by atoms with Gasteiger partial charge in [0.05, 0.1) is 5.02 Å². The standard InChI is InChI=1S/C22H18Cl2FNO3/c23-17-3-6-20(27-12-15-2-4-18(25)9-19(15)24)16(8-17)11-26-10-14-1-5-21-22(7-14)29-13-28-21/h1-9,26H,10-13H2. The molecule has 1 aliphatic rings. The zero-order valence-electron chi connectivity index (χ0n) is 15.4. The van der Waals surface area contributed by atoms with E-state index in [1.807, 2.05) is 30.3 Å². The van der Waals surface area contributed by atoms with Gasteiger partial charge >= 0.3 is 0 Å². The molecular weight excluding hydrogens is 416 g/mol. The number of benzene rings is 3. The van der Waals surface area contributed by atoms with E-state index in [0.29, 0.717) is 34.4 Å². The minimum absolute atomic E-state index is 0.232. The summed E-state index contributed by atoms with van der Waals surface area (Å²) in [7, 11) is 0. The average Bonchev–Trinajstić information content (AvgIpc) is 3.16. The second kappa shape index (κ2) is 8.91. The smallest absolute Gasteiger partial charge is 0.231 e. The molecule has 1 N–H and O–H groups in total. The summed E-state index contributed by atoms with van der Waals surface area (Å²) in [5.74, 6) is 1.83. The lowest BCUT2D eigenvalue weighted by molar-refractivity contribution is 0.174. The molecule has 4 nitrogen and oxygen atoms in total. The van der Waals surface area contributed by atoms with Crippen LogP contribution in [-0.2, 0) is 19.7 Å². The molecule has 3 aromatic carbocycles. The van der Waals surface area contributed by atoms with Gasteiger partial charge in [0, 0.05) is 29.2 Å². The van der Waals surface area contributed by atoms with Gasteiger partial charge in [-0.2, -0.15) is 0 Å². The molecule has 150 valence electrons. The summed E-state index contributed by atoms with van der Waals surface area (Å²) in [6.07, 6.45) is 0. The second-order valence-electron chi connectivity index (χ2n) is 6.57. The van der Waals surface area contributed by atoms with Crippen LogP contribution in [0.4, 0.5) is 4.39 Å².